The van der Waals surface area contributed by atoms with Crippen molar-refractivity contribution in [2.24, 2.45) is 23.5 Å². The highest BCUT2D eigenvalue weighted by molar-refractivity contribution is 6.32. The molecule has 1 aromatic carbocycles. The maximum Gasteiger partial charge on any atom is 0.245 e. The summed E-state index contributed by atoms with van der Waals surface area (Å²) in [5.74, 6) is -2.02. The average molecular weight is 546 g/mol. The van der Waals surface area contributed by atoms with E-state index in [1.54, 1.807) is 11.0 Å². The highest BCUT2D eigenvalue weighted by Crippen LogP contribution is 2.33. The molecule has 2 unspecified atom stereocenters. The van der Waals surface area contributed by atoms with Gasteiger partial charge in [0, 0.05) is 31.3 Å². The number of allylic oxidation sites excluding steroid dienone is 4. The second kappa shape index (κ2) is 13.9. The first-order valence-electron chi connectivity index (χ1n) is 13.8. The third kappa shape index (κ3) is 7.92. The van der Waals surface area contributed by atoms with Crippen LogP contribution in [-0.4, -0.2) is 35.2 Å². The molecular weight excluding hydrogens is 505 g/mol. The van der Waals surface area contributed by atoms with E-state index >= 15 is 0 Å². The van der Waals surface area contributed by atoms with Crippen molar-refractivity contribution in [1.82, 2.24) is 10.2 Å². The molecule has 1 fully saturated rings. The quantitative estimate of drug-likeness (QED) is 0.365. The molecule has 208 valence electrons. The van der Waals surface area contributed by atoms with Crippen molar-refractivity contribution < 1.29 is 18.8 Å². The van der Waals surface area contributed by atoms with Gasteiger partial charge in [-0.05, 0) is 73.3 Å². The van der Waals surface area contributed by atoms with Crippen molar-refractivity contribution in [2.75, 3.05) is 6.54 Å². The standard InChI is InChI=1S/C30H41ClFN3O3/c1-4-8-23(28(33)36)24(15-19(2)3)29(37)34-27-11-5-6-14-35(30(27)38)18-20-9-7-10-21(16-20)22-12-13-26(32)25(31)17-22/h7,9-10,16-17,19,23-24,27H,4-6,8,11-15,18H2,1-3H3,(H2,33,36)(H,34,37)/t23?,24?,27-/m0/s1. The van der Waals surface area contributed by atoms with Crippen LogP contribution >= 0.6 is 11.6 Å². The molecule has 1 saturated heterocycles. The lowest BCUT2D eigenvalue weighted by molar-refractivity contribution is -0.139. The van der Waals surface area contributed by atoms with Gasteiger partial charge in [0.1, 0.15) is 11.9 Å². The number of carbonyl (C=O) groups is 3. The number of rotatable bonds is 11. The Hall–Kier alpha value is -2.67. The van der Waals surface area contributed by atoms with Gasteiger partial charge in [-0.1, -0.05) is 57.0 Å². The number of likely N-dealkylation sites (tertiary alicyclic amines) is 1. The van der Waals surface area contributed by atoms with Gasteiger partial charge in [0.2, 0.25) is 17.7 Å². The number of hydrogen-bond donors (Lipinski definition) is 2. The predicted octanol–water partition coefficient (Wildman–Crippen LogP) is 5.84. The maximum atomic E-state index is 13.7. The molecule has 1 aromatic rings. The molecule has 3 atom stereocenters. The number of primary amides is 1. The zero-order chi connectivity index (χ0) is 27.8. The number of carbonyl (C=O) groups excluding carboxylic acids is 3. The Morgan fingerprint density at radius 2 is 1.97 bits per heavy atom. The lowest BCUT2D eigenvalue weighted by Gasteiger charge is -2.29. The SMILES string of the molecule is CCCC(C(N)=O)C(CC(C)C)C(=O)N[C@H]1CCCCN(Cc2cccc(C3=CC(Cl)=C(F)CC3)c2)C1=O. The molecule has 6 nitrogen and oxygen atoms in total. The van der Waals surface area contributed by atoms with E-state index in [9.17, 15) is 18.8 Å². The van der Waals surface area contributed by atoms with E-state index in [2.05, 4.69) is 5.32 Å². The number of nitrogens with two attached hydrogens (primary N) is 1. The predicted molar refractivity (Wildman–Crippen MR) is 149 cm³/mol. The van der Waals surface area contributed by atoms with Crippen molar-refractivity contribution in [3.63, 3.8) is 0 Å². The van der Waals surface area contributed by atoms with Crippen LogP contribution in [0.25, 0.3) is 5.57 Å². The zero-order valence-corrected chi connectivity index (χ0v) is 23.5. The van der Waals surface area contributed by atoms with Gasteiger partial charge >= 0.3 is 0 Å². The lowest BCUT2D eigenvalue weighted by Crippen LogP contribution is -2.50. The van der Waals surface area contributed by atoms with Gasteiger partial charge in [-0.25, -0.2) is 4.39 Å². The molecule has 38 heavy (non-hydrogen) atoms. The molecule has 0 radical (unpaired) electrons. The first-order chi connectivity index (χ1) is 18.1. The Labute approximate surface area is 230 Å². The van der Waals surface area contributed by atoms with Gasteiger partial charge in [0.25, 0.3) is 0 Å². The number of hydrogen-bond acceptors (Lipinski definition) is 3. The second-order valence-electron chi connectivity index (χ2n) is 11.0. The van der Waals surface area contributed by atoms with Crippen molar-refractivity contribution in [3.05, 3.63) is 52.3 Å². The summed E-state index contributed by atoms with van der Waals surface area (Å²) in [5, 5.41) is 3.14. The van der Waals surface area contributed by atoms with Crippen LogP contribution < -0.4 is 11.1 Å². The van der Waals surface area contributed by atoms with Gasteiger partial charge in [0.05, 0.1) is 5.03 Å². The van der Waals surface area contributed by atoms with E-state index in [0.717, 1.165) is 36.0 Å². The van der Waals surface area contributed by atoms with Crippen molar-refractivity contribution in [3.8, 4) is 0 Å². The fourth-order valence-corrected chi connectivity index (χ4v) is 5.70. The zero-order valence-electron chi connectivity index (χ0n) is 22.8. The lowest BCUT2D eigenvalue weighted by atomic mass is 9.81. The van der Waals surface area contributed by atoms with Crippen LogP contribution in [0.4, 0.5) is 4.39 Å². The van der Waals surface area contributed by atoms with Crippen molar-refractivity contribution >= 4 is 34.9 Å². The molecule has 2 aliphatic rings. The van der Waals surface area contributed by atoms with E-state index < -0.39 is 23.8 Å². The van der Waals surface area contributed by atoms with Gasteiger partial charge < -0.3 is 16.0 Å². The molecule has 1 aliphatic carbocycles. The summed E-state index contributed by atoms with van der Waals surface area (Å²) in [7, 11) is 0. The smallest absolute Gasteiger partial charge is 0.245 e. The van der Waals surface area contributed by atoms with Crippen LogP contribution in [0.5, 0.6) is 0 Å². The van der Waals surface area contributed by atoms with E-state index in [4.69, 9.17) is 17.3 Å². The molecule has 0 saturated carbocycles. The molecule has 1 aliphatic heterocycles. The van der Waals surface area contributed by atoms with Gasteiger partial charge in [-0.3, -0.25) is 14.4 Å². The molecule has 3 amide bonds. The summed E-state index contributed by atoms with van der Waals surface area (Å²) in [6, 6.07) is 7.26. The summed E-state index contributed by atoms with van der Waals surface area (Å²) in [4.78, 5) is 41.0. The number of benzene rings is 1. The molecule has 3 N–H and O–H groups in total. The highest BCUT2D eigenvalue weighted by atomic mass is 35.5. The summed E-state index contributed by atoms with van der Waals surface area (Å²) in [5.41, 5.74) is 8.58. The third-order valence-electron chi connectivity index (χ3n) is 7.46. The van der Waals surface area contributed by atoms with Crippen molar-refractivity contribution in [1.29, 1.82) is 0 Å². The van der Waals surface area contributed by atoms with Crippen LogP contribution in [0.2, 0.25) is 0 Å². The van der Waals surface area contributed by atoms with Crippen LogP contribution in [0.15, 0.2) is 41.2 Å². The van der Waals surface area contributed by atoms with Gasteiger partial charge in [-0.2, -0.15) is 0 Å². The molecule has 0 spiro atoms. The largest absolute Gasteiger partial charge is 0.369 e. The molecule has 3 rings (SSSR count). The normalized spacial score (nSPS) is 20.2. The number of halogens is 2. The molecular formula is C30H41ClFN3O3. The minimum atomic E-state index is -0.633. The molecule has 1 heterocycles. The minimum absolute atomic E-state index is 0.111. The average Bonchev–Trinajstić information content (AvgIpc) is 3.04. The summed E-state index contributed by atoms with van der Waals surface area (Å²) >= 11 is 6.02. The van der Waals surface area contributed by atoms with Gasteiger partial charge in [-0.15, -0.1) is 0 Å². The number of nitrogens with zero attached hydrogens (tertiary/aromatic N) is 1. The van der Waals surface area contributed by atoms with E-state index in [1.807, 2.05) is 45.0 Å². The highest BCUT2D eigenvalue weighted by Gasteiger charge is 2.36. The summed E-state index contributed by atoms with van der Waals surface area (Å²) < 4.78 is 13.7. The minimum Gasteiger partial charge on any atom is -0.369 e. The number of amides is 3. The Morgan fingerprint density at radius 1 is 1.21 bits per heavy atom. The molecule has 0 aromatic heterocycles. The molecule has 0 bridgehead atoms. The summed E-state index contributed by atoms with van der Waals surface area (Å²) in [6.07, 6.45) is 6.59. The Morgan fingerprint density at radius 3 is 2.63 bits per heavy atom. The fourth-order valence-electron chi connectivity index (χ4n) is 5.47. The Kier molecular flexibility index (Phi) is 11.0. The number of nitrogens with one attached hydrogen (secondary N) is 1. The molecule has 8 heteroatoms. The van der Waals surface area contributed by atoms with Crippen LogP contribution in [0, 0.1) is 17.8 Å². The van der Waals surface area contributed by atoms with Crippen LogP contribution in [0.3, 0.4) is 0 Å². The van der Waals surface area contributed by atoms with Gasteiger partial charge in [0.15, 0.2) is 0 Å². The van der Waals surface area contributed by atoms with Crippen LogP contribution in [0.1, 0.15) is 83.3 Å². The summed E-state index contributed by atoms with van der Waals surface area (Å²) in [6.45, 7) is 7.02. The van der Waals surface area contributed by atoms with E-state index in [-0.39, 0.29) is 35.0 Å². The maximum absolute atomic E-state index is 13.7. The van der Waals surface area contributed by atoms with E-state index in [1.165, 1.54) is 0 Å². The first kappa shape index (κ1) is 29.9. The Balaban J connectivity index is 1.75. The fraction of sp³-hybridized carbons (Fsp3) is 0.567. The van der Waals surface area contributed by atoms with Crippen LogP contribution in [-0.2, 0) is 20.9 Å². The topological polar surface area (TPSA) is 92.5 Å². The monoisotopic (exact) mass is 545 g/mol. The third-order valence-corrected chi connectivity index (χ3v) is 7.77. The van der Waals surface area contributed by atoms with E-state index in [0.29, 0.717) is 38.8 Å². The first-order valence-corrected chi connectivity index (χ1v) is 14.2. The Bertz CT molecular complexity index is 1080. The second-order valence-corrected chi connectivity index (χ2v) is 11.4. The van der Waals surface area contributed by atoms with Crippen molar-refractivity contribution in [2.45, 2.75) is 84.7 Å².